The van der Waals surface area contributed by atoms with E-state index < -0.39 is 6.10 Å². The van der Waals surface area contributed by atoms with Gasteiger partial charge in [0.15, 0.2) is 0 Å². The molecule has 1 fully saturated rings. The minimum Gasteiger partial charge on any atom is -0.389 e. The topological polar surface area (TPSA) is 52.6 Å². The van der Waals surface area contributed by atoms with Crippen molar-refractivity contribution in [1.29, 1.82) is 0 Å². The van der Waals surface area contributed by atoms with Crippen molar-refractivity contribution in [2.75, 3.05) is 25.0 Å². The highest BCUT2D eigenvalue weighted by Crippen LogP contribution is 2.30. The highest BCUT2D eigenvalue weighted by atomic mass is 79.9. The molecule has 0 spiro atoms. The molecule has 1 saturated heterocycles. The monoisotopic (exact) mass is 340 g/mol. The molecule has 0 radical (unpaired) electrons. The van der Waals surface area contributed by atoms with Gasteiger partial charge >= 0.3 is 0 Å². The molecule has 110 valence electrons. The maximum Gasteiger partial charge on any atom is 0.222 e. The van der Waals surface area contributed by atoms with Crippen LogP contribution in [0.15, 0.2) is 22.7 Å². The molecule has 0 aliphatic carbocycles. The van der Waals surface area contributed by atoms with Gasteiger partial charge in [-0.05, 0) is 37.5 Å². The van der Waals surface area contributed by atoms with E-state index >= 15 is 0 Å². The van der Waals surface area contributed by atoms with Gasteiger partial charge in [0.1, 0.15) is 0 Å². The normalized spacial score (nSPS) is 17.9. The molecule has 2 rings (SSSR count). The van der Waals surface area contributed by atoms with Gasteiger partial charge in [0.05, 0.1) is 6.10 Å². The number of piperidine rings is 1. The standard InChI is InChI=1S/C15H21BrN2O2/c1-10(19)13-4-3-12(9-14(13)16)18-7-5-11(6-8-18)15(20)17-2/h3-4,9-11,19H,5-8H2,1-2H3,(H,17,20). The first-order chi connectivity index (χ1) is 9.52. The predicted molar refractivity (Wildman–Crippen MR) is 83.8 cm³/mol. The third-order valence-electron chi connectivity index (χ3n) is 3.91. The molecule has 1 heterocycles. The lowest BCUT2D eigenvalue weighted by atomic mass is 9.95. The van der Waals surface area contributed by atoms with Gasteiger partial charge in [-0.15, -0.1) is 0 Å². The van der Waals surface area contributed by atoms with E-state index in [9.17, 15) is 9.90 Å². The summed E-state index contributed by atoms with van der Waals surface area (Å²) in [5, 5.41) is 12.4. The molecule has 1 atom stereocenters. The first kappa shape index (κ1) is 15.3. The molecule has 1 aliphatic rings. The Morgan fingerprint density at radius 3 is 2.60 bits per heavy atom. The first-order valence-electron chi connectivity index (χ1n) is 6.97. The number of carbonyl (C=O) groups is 1. The zero-order valence-electron chi connectivity index (χ0n) is 11.9. The van der Waals surface area contributed by atoms with Gasteiger partial charge in [0, 0.05) is 36.2 Å². The van der Waals surface area contributed by atoms with E-state index in [2.05, 4.69) is 26.1 Å². The van der Waals surface area contributed by atoms with Crippen LogP contribution >= 0.6 is 15.9 Å². The zero-order chi connectivity index (χ0) is 14.7. The van der Waals surface area contributed by atoms with Crippen LogP contribution in [-0.2, 0) is 4.79 Å². The molecule has 5 heteroatoms. The van der Waals surface area contributed by atoms with Crippen LogP contribution in [0.25, 0.3) is 0 Å². The quantitative estimate of drug-likeness (QED) is 0.888. The number of aliphatic hydroxyl groups is 1. The summed E-state index contributed by atoms with van der Waals surface area (Å²) in [5.41, 5.74) is 2.03. The van der Waals surface area contributed by atoms with Gasteiger partial charge < -0.3 is 15.3 Å². The first-order valence-corrected chi connectivity index (χ1v) is 7.76. The number of halogens is 1. The molecule has 1 aliphatic heterocycles. The van der Waals surface area contributed by atoms with Gasteiger partial charge in [0.25, 0.3) is 0 Å². The lowest BCUT2D eigenvalue weighted by Gasteiger charge is -2.33. The van der Waals surface area contributed by atoms with Crippen LogP contribution in [0.5, 0.6) is 0 Å². The molecule has 1 aromatic carbocycles. The van der Waals surface area contributed by atoms with Gasteiger partial charge in [-0.3, -0.25) is 4.79 Å². The fourth-order valence-corrected chi connectivity index (χ4v) is 3.35. The Hall–Kier alpha value is -1.07. The number of nitrogens with zero attached hydrogens (tertiary/aromatic N) is 1. The van der Waals surface area contributed by atoms with E-state index in [1.54, 1.807) is 14.0 Å². The Kier molecular flexibility index (Phi) is 5.05. The molecule has 0 saturated carbocycles. The summed E-state index contributed by atoms with van der Waals surface area (Å²) in [5.74, 6) is 0.284. The highest BCUT2D eigenvalue weighted by molar-refractivity contribution is 9.10. The van der Waals surface area contributed by atoms with Gasteiger partial charge in [-0.25, -0.2) is 0 Å². The summed E-state index contributed by atoms with van der Waals surface area (Å²) < 4.78 is 0.929. The number of hydrogen-bond acceptors (Lipinski definition) is 3. The van der Waals surface area contributed by atoms with Gasteiger partial charge in [0.2, 0.25) is 5.91 Å². The molecule has 0 bridgehead atoms. The lowest BCUT2D eigenvalue weighted by molar-refractivity contribution is -0.125. The van der Waals surface area contributed by atoms with Crippen molar-refractivity contribution in [2.24, 2.45) is 5.92 Å². The second kappa shape index (κ2) is 6.59. The van der Waals surface area contributed by atoms with Crippen LogP contribution in [0.1, 0.15) is 31.4 Å². The molecule has 0 aromatic heterocycles. The summed E-state index contributed by atoms with van der Waals surface area (Å²) in [4.78, 5) is 13.9. The number of amides is 1. The molecule has 2 N–H and O–H groups in total. The maximum atomic E-state index is 11.6. The average molecular weight is 341 g/mol. The van der Waals surface area contributed by atoms with Crippen LogP contribution in [0.2, 0.25) is 0 Å². The van der Waals surface area contributed by atoms with Gasteiger partial charge in [-0.1, -0.05) is 22.0 Å². The van der Waals surface area contributed by atoms with Gasteiger partial charge in [-0.2, -0.15) is 0 Å². The molecule has 1 amide bonds. The van der Waals surface area contributed by atoms with Crippen LogP contribution in [0.3, 0.4) is 0 Å². The lowest BCUT2D eigenvalue weighted by Crippen LogP contribution is -2.39. The van der Waals surface area contributed by atoms with Crippen molar-refractivity contribution < 1.29 is 9.90 Å². The number of carbonyl (C=O) groups excluding carboxylic acids is 1. The zero-order valence-corrected chi connectivity index (χ0v) is 13.5. The number of anilines is 1. The van der Waals surface area contributed by atoms with Crippen molar-refractivity contribution in [2.45, 2.75) is 25.9 Å². The SMILES string of the molecule is CNC(=O)C1CCN(c2ccc(C(C)O)c(Br)c2)CC1. The molecule has 1 aromatic rings. The Morgan fingerprint density at radius 2 is 2.10 bits per heavy atom. The number of rotatable bonds is 3. The molecule has 4 nitrogen and oxygen atoms in total. The summed E-state index contributed by atoms with van der Waals surface area (Å²) in [7, 11) is 1.70. The van der Waals surface area contributed by atoms with Crippen molar-refractivity contribution >= 4 is 27.5 Å². The van der Waals surface area contributed by atoms with Crippen molar-refractivity contribution in [3.8, 4) is 0 Å². The van der Waals surface area contributed by atoms with Crippen LogP contribution in [0.4, 0.5) is 5.69 Å². The predicted octanol–water partition coefficient (Wildman–Crippen LogP) is 2.46. The third kappa shape index (κ3) is 3.33. The van der Waals surface area contributed by atoms with Crippen LogP contribution in [-0.4, -0.2) is 31.2 Å². The Bertz CT molecular complexity index is 483. The van der Waals surface area contributed by atoms with E-state index in [-0.39, 0.29) is 11.8 Å². The van der Waals surface area contributed by atoms with Crippen LogP contribution < -0.4 is 10.2 Å². The van der Waals surface area contributed by atoms with Crippen LogP contribution in [0, 0.1) is 5.92 Å². The average Bonchev–Trinajstić information content (AvgIpc) is 2.46. The maximum absolute atomic E-state index is 11.6. The molecule has 20 heavy (non-hydrogen) atoms. The molecular formula is C15H21BrN2O2. The summed E-state index contributed by atoms with van der Waals surface area (Å²) in [6.07, 6.45) is 1.29. The summed E-state index contributed by atoms with van der Waals surface area (Å²) >= 11 is 3.51. The number of aliphatic hydroxyl groups excluding tert-OH is 1. The second-order valence-corrected chi connectivity index (χ2v) is 6.11. The van der Waals surface area contributed by atoms with E-state index in [4.69, 9.17) is 0 Å². The van der Waals surface area contributed by atoms with Crippen molar-refractivity contribution in [1.82, 2.24) is 5.32 Å². The van der Waals surface area contributed by atoms with Crippen molar-refractivity contribution in [3.63, 3.8) is 0 Å². The van der Waals surface area contributed by atoms with E-state index in [1.807, 2.05) is 18.2 Å². The second-order valence-electron chi connectivity index (χ2n) is 5.26. The number of nitrogens with one attached hydrogen (secondary N) is 1. The summed E-state index contributed by atoms with van der Waals surface area (Å²) in [6, 6.07) is 6.03. The smallest absolute Gasteiger partial charge is 0.222 e. The molecule has 1 unspecified atom stereocenters. The minimum absolute atomic E-state index is 0.136. The largest absolute Gasteiger partial charge is 0.389 e. The molecular weight excluding hydrogens is 320 g/mol. The number of benzene rings is 1. The van der Waals surface area contributed by atoms with E-state index in [0.29, 0.717) is 0 Å². The summed E-state index contributed by atoms with van der Waals surface area (Å²) in [6.45, 7) is 3.53. The fourth-order valence-electron chi connectivity index (χ4n) is 2.66. The van der Waals surface area contributed by atoms with Crippen molar-refractivity contribution in [3.05, 3.63) is 28.2 Å². The highest BCUT2D eigenvalue weighted by Gasteiger charge is 2.24. The third-order valence-corrected chi connectivity index (χ3v) is 4.60. The van der Waals surface area contributed by atoms with E-state index in [0.717, 1.165) is 41.7 Å². The van der Waals surface area contributed by atoms with E-state index in [1.165, 1.54) is 0 Å². The Balaban J connectivity index is 2.04. The number of hydrogen-bond donors (Lipinski definition) is 2. The minimum atomic E-state index is -0.475. The Morgan fingerprint density at radius 1 is 1.45 bits per heavy atom. The fraction of sp³-hybridized carbons (Fsp3) is 0.533. The Labute approximate surface area is 128 Å².